The Labute approximate surface area is 244 Å². The zero-order valence-electron chi connectivity index (χ0n) is 23.8. The second-order valence-electron chi connectivity index (χ2n) is 12.0. The van der Waals surface area contributed by atoms with Gasteiger partial charge in [0.05, 0.1) is 22.9 Å². The van der Waals surface area contributed by atoms with Crippen LogP contribution in [0.2, 0.25) is 5.02 Å². The first-order valence-corrected chi connectivity index (χ1v) is 15.1. The smallest absolute Gasteiger partial charge is 0.408 e. The summed E-state index contributed by atoms with van der Waals surface area (Å²) in [7, 11) is -4.24. The predicted octanol–water partition coefficient (Wildman–Crippen LogP) is 6.05. The topological polar surface area (TPSA) is 106 Å². The van der Waals surface area contributed by atoms with Crippen LogP contribution in [0.25, 0.3) is 11.1 Å². The normalized spacial score (nSPS) is 17.0. The van der Waals surface area contributed by atoms with Crippen LogP contribution in [0.1, 0.15) is 52.7 Å². The Balaban J connectivity index is 1.88. The fraction of sp³-hybridized carbons (Fsp3) is 0.367. The van der Waals surface area contributed by atoms with E-state index in [0.717, 1.165) is 11.6 Å². The van der Waals surface area contributed by atoms with Crippen LogP contribution >= 0.6 is 11.6 Å². The summed E-state index contributed by atoms with van der Waals surface area (Å²) in [6.07, 6.45) is 2.24. The van der Waals surface area contributed by atoms with Crippen molar-refractivity contribution < 1.29 is 27.1 Å². The number of rotatable bonds is 4. The molecule has 1 aromatic heterocycles. The number of hydrogen-bond acceptors (Lipinski definition) is 6. The molecule has 0 radical (unpaired) electrons. The molecule has 2 aromatic carbocycles. The maximum Gasteiger partial charge on any atom is 0.408 e. The summed E-state index contributed by atoms with van der Waals surface area (Å²) in [4.78, 5) is 31.7. The van der Waals surface area contributed by atoms with Gasteiger partial charge in [-0.05, 0) is 67.6 Å². The highest BCUT2D eigenvalue weighted by Gasteiger charge is 2.40. The number of nitrogens with one attached hydrogen (secondary N) is 1. The lowest BCUT2D eigenvalue weighted by atomic mass is 9.87. The number of aromatic nitrogens is 1. The lowest BCUT2D eigenvalue weighted by Gasteiger charge is -2.27. The number of anilines is 1. The highest BCUT2D eigenvalue weighted by Crippen LogP contribution is 2.38. The fourth-order valence-corrected chi connectivity index (χ4v) is 6.14. The number of sulfone groups is 1. The van der Waals surface area contributed by atoms with Gasteiger partial charge in [0.15, 0.2) is 9.84 Å². The van der Waals surface area contributed by atoms with E-state index in [0.29, 0.717) is 16.1 Å². The Morgan fingerprint density at radius 3 is 2.37 bits per heavy atom. The van der Waals surface area contributed by atoms with Crippen LogP contribution in [0, 0.1) is 5.82 Å². The minimum absolute atomic E-state index is 0.00370. The fourth-order valence-electron chi connectivity index (χ4n) is 4.40. The number of nitrogens with zero attached hydrogens (tertiary/aromatic N) is 2. The maximum atomic E-state index is 15.7. The zero-order valence-corrected chi connectivity index (χ0v) is 25.4. The molecular weight excluding hydrogens is 569 g/mol. The molecule has 2 heterocycles. The van der Waals surface area contributed by atoms with Crippen molar-refractivity contribution in [3.63, 3.8) is 0 Å². The molecule has 0 spiro atoms. The lowest BCUT2D eigenvalue weighted by molar-refractivity contribution is -0.120. The van der Waals surface area contributed by atoms with Gasteiger partial charge < -0.3 is 15.0 Å². The molecule has 3 aromatic rings. The first kappa shape index (κ1) is 30.5. The van der Waals surface area contributed by atoms with Crippen LogP contribution in [0.15, 0.2) is 59.8 Å². The van der Waals surface area contributed by atoms with E-state index in [1.54, 1.807) is 57.3 Å². The number of fused-ring (bicyclic) bond motifs is 1. The van der Waals surface area contributed by atoms with Crippen LogP contribution in [0.4, 0.5) is 14.9 Å². The van der Waals surface area contributed by atoms with Gasteiger partial charge in [0.2, 0.25) is 0 Å². The number of carbonyl (C=O) groups excluding carboxylic acids is 2. The van der Waals surface area contributed by atoms with E-state index in [1.807, 2.05) is 20.8 Å². The van der Waals surface area contributed by atoms with E-state index < -0.39 is 45.1 Å². The van der Waals surface area contributed by atoms with Crippen molar-refractivity contribution in [3.05, 3.63) is 76.8 Å². The van der Waals surface area contributed by atoms with Crippen molar-refractivity contribution in [2.24, 2.45) is 0 Å². The van der Waals surface area contributed by atoms with Crippen LogP contribution in [-0.2, 0) is 31.3 Å². The number of alkyl carbamates (subject to hydrolysis) is 1. The Kier molecular flexibility index (Phi) is 8.21. The third-order valence-corrected chi connectivity index (χ3v) is 8.51. The standard InChI is InChI=1S/C30H33ClFN3O5S/c1-29(2,3)20-11-19(14-33-15-20)22-12-25-26(13-23(22)32)41(38,39)17-24(34-28(37)40-30(4,5)6)27(36)35(25)16-18-7-9-21(31)10-8-18/h7-15,24H,16-17H2,1-6H3,(H,34,37)/t24-/m0/s1. The molecule has 4 rings (SSSR count). The molecule has 1 N–H and O–H groups in total. The number of pyridine rings is 1. The minimum atomic E-state index is -4.24. The average molecular weight is 602 g/mol. The zero-order chi connectivity index (χ0) is 30.3. The molecule has 1 aliphatic rings. The van der Waals surface area contributed by atoms with Gasteiger partial charge in [0.1, 0.15) is 17.5 Å². The van der Waals surface area contributed by atoms with Crippen molar-refractivity contribution >= 4 is 39.1 Å². The first-order valence-electron chi connectivity index (χ1n) is 13.0. The van der Waals surface area contributed by atoms with E-state index in [4.69, 9.17) is 16.3 Å². The quantitative estimate of drug-likeness (QED) is 0.390. The van der Waals surface area contributed by atoms with Crippen LogP contribution in [0.3, 0.4) is 0 Å². The monoisotopic (exact) mass is 601 g/mol. The third kappa shape index (κ3) is 7.05. The summed E-state index contributed by atoms with van der Waals surface area (Å²) < 4.78 is 48.1. The van der Waals surface area contributed by atoms with Gasteiger partial charge in [-0.2, -0.15) is 0 Å². The van der Waals surface area contributed by atoms with Gasteiger partial charge in [0.25, 0.3) is 5.91 Å². The molecule has 0 saturated heterocycles. The number of halogens is 2. The molecule has 1 atom stereocenters. The van der Waals surface area contributed by atoms with Crippen molar-refractivity contribution in [2.45, 2.75) is 70.0 Å². The number of amides is 2. The van der Waals surface area contributed by atoms with Crippen molar-refractivity contribution in [2.75, 3.05) is 10.7 Å². The van der Waals surface area contributed by atoms with Crippen molar-refractivity contribution in [3.8, 4) is 11.1 Å². The third-order valence-electron chi connectivity index (χ3n) is 6.48. The molecule has 0 saturated carbocycles. The molecule has 11 heteroatoms. The maximum absolute atomic E-state index is 15.7. The summed E-state index contributed by atoms with van der Waals surface area (Å²) in [5.41, 5.74) is 0.865. The van der Waals surface area contributed by atoms with Crippen LogP contribution in [0.5, 0.6) is 0 Å². The molecule has 2 amide bonds. The molecule has 0 bridgehead atoms. The summed E-state index contributed by atoms with van der Waals surface area (Å²) in [6.45, 7) is 10.9. The second-order valence-corrected chi connectivity index (χ2v) is 14.5. The van der Waals surface area contributed by atoms with Gasteiger partial charge in [0, 0.05) is 28.5 Å². The number of benzene rings is 2. The van der Waals surface area contributed by atoms with Crippen molar-refractivity contribution in [1.29, 1.82) is 0 Å². The predicted molar refractivity (Wildman–Crippen MR) is 156 cm³/mol. The molecule has 218 valence electrons. The minimum Gasteiger partial charge on any atom is -0.444 e. The summed E-state index contributed by atoms with van der Waals surface area (Å²) in [5, 5.41) is 2.89. The highest BCUT2D eigenvalue weighted by molar-refractivity contribution is 7.91. The molecule has 0 aliphatic carbocycles. The Morgan fingerprint density at radius 1 is 1.10 bits per heavy atom. The molecule has 0 fully saturated rings. The number of ether oxygens (including phenoxy) is 1. The molecule has 8 nitrogen and oxygen atoms in total. The van der Waals surface area contributed by atoms with E-state index in [1.165, 1.54) is 17.2 Å². The number of hydrogen-bond donors (Lipinski definition) is 1. The molecule has 41 heavy (non-hydrogen) atoms. The van der Waals surface area contributed by atoms with Crippen LogP contribution in [-0.4, -0.2) is 42.8 Å². The second kappa shape index (κ2) is 11.1. The first-order chi connectivity index (χ1) is 18.9. The van der Waals surface area contributed by atoms with Crippen molar-refractivity contribution in [1.82, 2.24) is 10.3 Å². The summed E-state index contributed by atoms with van der Waals surface area (Å²) in [6, 6.07) is 9.29. The highest BCUT2D eigenvalue weighted by atomic mass is 35.5. The lowest BCUT2D eigenvalue weighted by Crippen LogP contribution is -2.51. The van der Waals surface area contributed by atoms with E-state index in [-0.39, 0.29) is 28.1 Å². The molecule has 0 unspecified atom stereocenters. The van der Waals surface area contributed by atoms with Gasteiger partial charge in [-0.25, -0.2) is 17.6 Å². The van der Waals surface area contributed by atoms with Gasteiger partial charge in [-0.15, -0.1) is 0 Å². The molecule has 1 aliphatic heterocycles. The Morgan fingerprint density at radius 2 is 1.76 bits per heavy atom. The van der Waals surface area contributed by atoms with Gasteiger partial charge >= 0.3 is 6.09 Å². The summed E-state index contributed by atoms with van der Waals surface area (Å²) >= 11 is 6.04. The van der Waals surface area contributed by atoms with E-state index >= 15 is 4.39 Å². The summed E-state index contributed by atoms with van der Waals surface area (Å²) in [5.74, 6) is -2.24. The van der Waals surface area contributed by atoms with Gasteiger partial charge in [-0.1, -0.05) is 44.5 Å². The Bertz CT molecular complexity index is 1600. The molecular formula is C30H33ClFN3O5S. The van der Waals surface area contributed by atoms with E-state index in [2.05, 4.69) is 10.3 Å². The van der Waals surface area contributed by atoms with E-state index in [9.17, 15) is 18.0 Å². The largest absolute Gasteiger partial charge is 0.444 e. The Hall–Kier alpha value is -3.50. The number of carbonyl (C=O) groups is 2. The van der Waals surface area contributed by atoms with Gasteiger partial charge in [-0.3, -0.25) is 9.78 Å². The SMILES string of the molecule is CC(C)(C)OC(=O)N[C@H]1CS(=O)(=O)c2cc(F)c(-c3cncc(C(C)(C)C)c3)cc2N(Cc2ccc(Cl)cc2)C1=O. The van der Waals surface area contributed by atoms with Crippen LogP contribution < -0.4 is 10.2 Å². The average Bonchev–Trinajstić information content (AvgIpc) is 2.92.